The Bertz CT molecular complexity index is 880. The van der Waals surface area contributed by atoms with E-state index >= 15 is 0 Å². The van der Waals surface area contributed by atoms with Crippen molar-refractivity contribution in [2.75, 3.05) is 17.3 Å². The molecule has 0 fully saturated rings. The number of para-hydroxylation sites is 2. The molecule has 4 rings (SSSR count). The average Bonchev–Trinajstić information content (AvgIpc) is 3.12. The van der Waals surface area contributed by atoms with E-state index < -0.39 is 0 Å². The highest BCUT2D eigenvalue weighted by Crippen LogP contribution is 2.45. The molecule has 3 aromatic rings. The van der Waals surface area contributed by atoms with Gasteiger partial charge in [0.05, 0.1) is 16.9 Å². The minimum absolute atomic E-state index is 0.105. The molecule has 0 spiro atoms. The summed E-state index contributed by atoms with van der Waals surface area (Å²) in [5, 5.41) is 11.7. The fraction of sp³-hybridized carbons (Fsp3) is 0.0625. The molecule has 5 nitrogen and oxygen atoms in total. The molecule has 1 aliphatic heterocycles. The number of fused-ring (bicyclic) bond motifs is 2. The van der Waals surface area contributed by atoms with Crippen molar-refractivity contribution >= 4 is 45.5 Å². The van der Waals surface area contributed by atoms with Crippen LogP contribution in [0.2, 0.25) is 0 Å². The minimum Gasteiger partial charge on any atom is -0.353 e. The molecule has 23 heavy (non-hydrogen) atoms. The summed E-state index contributed by atoms with van der Waals surface area (Å²) in [4.78, 5) is 16.6. The number of carbonyl (C=O) groups excluding carboxylic acids is 1. The number of carbonyl (C=O) groups is 1. The van der Waals surface area contributed by atoms with Crippen molar-refractivity contribution in [1.29, 1.82) is 0 Å². The molecule has 114 valence electrons. The summed E-state index contributed by atoms with van der Waals surface area (Å²) in [5.74, 6) is -0.105. The van der Waals surface area contributed by atoms with E-state index in [2.05, 4.69) is 21.6 Å². The number of amides is 1. The van der Waals surface area contributed by atoms with Crippen molar-refractivity contribution in [3.8, 4) is 0 Å². The van der Waals surface area contributed by atoms with Gasteiger partial charge in [-0.15, -0.1) is 10.2 Å². The molecular weight excluding hydrogens is 328 g/mol. The second-order valence-corrected chi connectivity index (χ2v) is 6.88. The molecule has 7 heteroatoms. The first-order valence-corrected chi connectivity index (χ1v) is 8.65. The van der Waals surface area contributed by atoms with Crippen LogP contribution in [0.5, 0.6) is 0 Å². The predicted octanol–water partition coefficient (Wildman–Crippen LogP) is 4.02. The Balaban J connectivity index is 1.73. The van der Waals surface area contributed by atoms with Gasteiger partial charge in [-0.3, -0.25) is 9.69 Å². The van der Waals surface area contributed by atoms with Crippen molar-refractivity contribution < 1.29 is 4.79 Å². The first-order chi connectivity index (χ1) is 11.2. The summed E-state index contributed by atoms with van der Waals surface area (Å²) in [6, 6.07) is 13.8. The van der Waals surface area contributed by atoms with E-state index in [4.69, 9.17) is 0 Å². The number of nitrogens with zero attached hydrogens (tertiary/aromatic N) is 3. The zero-order valence-electron chi connectivity index (χ0n) is 12.2. The van der Waals surface area contributed by atoms with Gasteiger partial charge in [0.15, 0.2) is 0 Å². The van der Waals surface area contributed by atoms with Crippen molar-refractivity contribution in [2.24, 2.45) is 0 Å². The second-order valence-electron chi connectivity index (χ2n) is 4.99. The number of rotatable bonds is 2. The van der Waals surface area contributed by atoms with Crippen LogP contribution < -0.4 is 10.2 Å². The summed E-state index contributed by atoms with van der Waals surface area (Å²) >= 11 is 3.00. The Labute approximate surface area is 141 Å². The Morgan fingerprint density at radius 2 is 1.96 bits per heavy atom. The van der Waals surface area contributed by atoms with Crippen LogP contribution in [0.1, 0.15) is 10.4 Å². The fourth-order valence-corrected chi connectivity index (χ4v) is 3.96. The Kier molecular flexibility index (Phi) is 3.51. The van der Waals surface area contributed by atoms with Crippen molar-refractivity contribution in [3.05, 3.63) is 53.5 Å². The Hall–Kier alpha value is -2.38. The third-order valence-electron chi connectivity index (χ3n) is 3.56. The normalized spacial score (nSPS) is 12.0. The SMILES string of the molecule is CN(C(=O)c1cccc2c1Nc1ccccc1S2)c1nncs1. The van der Waals surface area contributed by atoms with Gasteiger partial charge in [-0.25, -0.2) is 0 Å². The van der Waals surface area contributed by atoms with Gasteiger partial charge < -0.3 is 5.32 Å². The van der Waals surface area contributed by atoms with Crippen LogP contribution in [0, 0.1) is 0 Å². The summed E-state index contributed by atoms with van der Waals surface area (Å²) in [7, 11) is 1.71. The topological polar surface area (TPSA) is 58.1 Å². The first kappa shape index (κ1) is 14.2. The van der Waals surface area contributed by atoms with Crippen LogP contribution in [-0.4, -0.2) is 23.2 Å². The van der Waals surface area contributed by atoms with Crippen LogP contribution in [0.25, 0.3) is 0 Å². The molecule has 1 aliphatic rings. The molecule has 0 unspecified atom stereocenters. The zero-order chi connectivity index (χ0) is 15.8. The lowest BCUT2D eigenvalue weighted by Gasteiger charge is -2.24. The van der Waals surface area contributed by atoms with Crippen LogP contribution in [0.4, 0.5) is 16.5 Å². The van der Waals surface area contributed by atoms with Crippen molar-refractivity contribution in [2.45, 2.75) is 9.79 Å². The van der Waals surface area contributed by atoms with Crippen LogP contribution in [-0.2, 0) is 0 Å². The van der Waals surface area contributed by atoms with Crippen molar-refractivity contribution in [3.63, 3.8) is 0 Å². The quantitative estimate of drug-likeness (QED) is 0.597. The molecular formula is C16H12N4OS2. The maximum absolute atomic E-state index is 12.8. The molecule has 0 atom stereocenters. The lowest BCUT2D eigenvalue weighted by Crippen LogP contribution is -2.27. The molecule has 1 aromatic heterocycles. The summed E-state index contributed by atoms with van der Waals surface area (Å²) in [6.07, 6.45) is 0. The van der Waals surface area contributed by atoms with Gasteiger partial charge in [0.2, 0.25) is 5.13 Å². The highest BCUT2D eigenvalue weighted by Gasteiger charge is 2.24. The standard InChI is InChI=1S/C16H12N4OS2/c1-20(16-19-17-9-22-16)15(21)10-5-4-8-13-14(10)18-11-6-2-3-7-12(11)23-13/h2-9,18H,1H3. The molecule has 1 amide bonds. The molecule has 1 N–H and O–H groups in total. The van der Waals surface area contributed by atoms with Gasteiger partial charge in [0.1, 0.15) is 5.51 Å². The molecule has 0 radical (unpaired) electrons. The monoisotopic (exact) mass is 340 g/mol. The predicted molar refractivity (Wildman–Crippen MR) is 92.9 cm³/mol. The number of hydrogen-bond acceptors (Lipinski definition) is 6. The Morgan fingerprint density at radius 1 is 1.13 bits per heavy atom. The number of nitrogens with one attached hydrogen (secondary N) is 1. The van der Waals surface area contributed by atoms with Crippen LogP contribution >= 0.6 is 23.1 Å². The third kappa shape index (κ3) is 2.47. The van der Waals surface area contributed by atoms with Gasteiger partial charge in [-0.05, 0) is 24.3 Å². The molecule has 0 bridgehead atoms. The number of benzene rings is 2. The summed E-state index contributed by atoms with van der Waals surface area (Å²) in [5.41, 5.74) is 4.10. The molecule has 0 saturated carbocycles. The molecule has 2 aromatic carbocycles. The van der Waals surface area contributed by atoms with Crippen molar-refractivity contribution in [1.82, 2.24) is 10.2 Å². The lowest BCUT2D eigenvalue weighted by molar-refractivity contribution is 0.0993. The number of aromatic nitrogens is 2. The lowest BCUT2D eigenvalue weighted by atomic mass is 10.1. The summed E-state index contributed by atoms with van der Waals surface area (Å²) < 4.78 is 0. The van der Waals surface area contributed by atoms with E-state index in [1.54, 1.807) is 24.3 Å². The number of hydrogen-bond donors (Lipinski definition) is 1. The van der Waals surface area contributed by atoms with Crippen LogP contribution in [0.15, 0.2) is 57.8 Å². The molecule has 2 heterocycles. The minimum atomic E-state index is -0.105. The van der Waals surface area contributed by atoms with Gasteiger partial charge in [-0.2, -0.15) is 0 Å². The maximum atomic E-state index is 12.8. The van der Waals surface area contributed by atoms with E-state index in [1.807, 2.05) is 36.4 Å². The fourth-order valence-electron chi connectivity index (χ4n) is 2.42. The molecule has 0 aliphatic carbocycles. The average molecular weight is 340 g/mol. The first-order valence-electron chi connectivity index (χ1n) is 6.95. The Morgan fingerprint density at radius 3 is 2.78 bits per heavy atom. The van der Waals surface area contributed by atoms with Crippen LogP contribution in [0.3, 0.4) is 0 Å². The zero-order valence-corrected chi connectivity index (χ0v) is 13.8. The van der Waals surface area contributed by atoms with E-state index in [9.17, 15) is 4.79 Å². The summed E-state index contributed by atoms with van der Waals surface area (Å²) in [6.45, 7) is 0. The largest absolute Gasteiger partial charge is 0.353 e. The maximum Gasteiger partial charge on any atom is 0.261 e. The van der Waals surface area contributed by atoms with Gasteiger partial charge in [0, 0.05) is 16.8 Å². The van der Waals surface area contributed by atoms with E-state index in [0.29, 0.717) is 10.7 Å². The smallest absolute Gasteiger partial charge is 0.261 e. The van der Waals surface area contributed by atoms with E-state index in [-0.39, 0.29) is 5.91 Å². The third-order valence-corrected chi connectivity index (χ3v) is 5.47. The van der Waals surface area contributed by atoms with E-state index in [1.165, 1.54) is 16.2 Å². The van der Waals surface area contributed by atoms with Gasteiger partial charge >= 0.3 is 0 Å². The highest BCUT2D eigenvalue weighted by atomic mass is 32.2. The highest BCUT2D eigenvalue weighted by molar-refractivity contribution is 7.99. The van der Waals surface area contributed by atoms with Gasteiger partial charge in [-0.1, -0.05) is 41.3 Å². The van der Waals surface area contributed by atoms with Gasteiger partial charge in [0.25, 0.3) is 5.91 Å². The molecule has 0 saturated heterocycles. The van der Waals surface area contributed by atoms with E-state index in [0.717, 1.165) is 21.2 Å². The number of anilines is 3. The second kappa shape index (κ2) is 5.68.